The minimum absolute atomic E-state index is 1.02. The molecular weight excluding hydrogens is 209 g/mol. The third kappa shape index (κ3) is 6.16. The van der Waals surface area contributed by atoms with Gasteiger partial charge in [0.2, 0.25) is 0 Å². The first kappa shape index (κ1) is 7.16. The lowest BCUT2D eigenvalue weighted by molar-refractivity contribution is 0.240. The summed E-state index contributed by atoms with van der Waals surface area (Å²) >= 11 is 1.72. The van der Waals surface area contributed by atoms with E-state index in [1.54, 1.807) is 22.6 Å². The molecule has 0 rings (SSSR count). The van der Waals surface area contributed by atoms with Crippen LogP contribution in [0.1, 0.15) is 6.92 Å². The molecule has 7 heavy (non-hydrogen) atoms. The summed E-state index contributed by atoms with van der Waals surface area (Å²) in [6, 6.07) is 0. The molecule has 0 aliphatic rings. The molecule has 0 aromatic heterocycles. The lowest BCUT2D eigenvalue weighted by Gasteiger charge is -2.03. The van der Waals surface area contributed by atoms with E-state index in [0.717, 1.165) is 6.21 Å². The minimum Gasteiger partial charge on any atom is -0.411 e. The summed E-state index contributed by atoms with van der Waals surface area (Å²) < 4.78 is -1.02. The molecule has 2 N–H and O–H groups in total. The third-order valence-corrected chi connectivity index (χ3v) is 0.572. The molecule has 0 heterocycles. The maximum atomic E-state index is 8.70. The van der Waals surface area contributed by atoms with E-state index in [0.29, 0.717) is 0 Å². The smallest absolute Gasteiger partial charge is 0.151 e. The quantitative estimate of drug-likeness (QED) is 0.221. The summed E-state index contributed by atoms with van der Waals surface area (Å²) in [6.07, 6.45) is 1.04. The molecule has 0 amide bonds. The van der Waals surface area contributed by atoms with Crippen molar-refractivity contribution in [3.8, 4) is 0 Å². The van der Waals surface area contributed by atoms with Gasteiger partial charge in [0.25, 0.3) is 0 Å². The van der Waals surface area contributed by atoms with Crippen LogP contribution in [-0.4, -0.2) is 20.1 Å². The summed E-state index contributed by atoms with van der Waals surface area (Å²) in [5.74, 6) is 0. The van der Waals surface area contributed by atoms with Crippen molar-refractivity contribution in [1.29, 1.82) is 0 Å². The lowest BCUT2D eigenvalue weighted by atomic mass is 10.5. The first-order valence-corrected chi connectivity index (χ1v) is 2.74. The zero-order valence-corrected chi connectivity index (χ0v) is 5.95. The van der Waals surface area contributed by atoms with E-state index in [1.165, 1.54) is 6.92 Å². The van der Waals surface area contributed by atoms with E-state index in [1.807, 2.05) is 0 Å². The number of rotatable bonds is 1. The maximum Gasteiger partial charge on any atom is 0.151 e. The van der Waals surface area contributed by atoms with Crippen LogP contribution >= 0.6 is 22.6 Å². The van der Waals surface area contributed by atoms with Gasteiger partial charge in [-0.1, -0.05) is 5.16 Å². The van der Waals surface area contributed by atoms with Gasteiger partial charge in [0.15, 0.2) is 3.61 Å². The Kier molecular flexibility index (Phi) is 2.52. The zero-order chi connectivity index (χ0) is 5.91. The lowest BCUT2D eigenvalue weighted by Crippen LogP contribution is -2.14. The van der Waals surface area contributed by atoms with E-state index in [9.17, 15) is 0 Å². The average Bonchev–Trinajstić information content (AvgIpc) is 1.30. The SMILES string of the molecule is CC(O)(I)/C=N/O. The highest BCUT2D eigenvalue weighted by Crippen LogP contribution is 2.08. The molecule has 1 atom stereocenters. The molecule has 0 radical (unpaired) electrons. The summed E-state index contributed by atoms with van der Waals surface area (Å²) in [4.78, 5) is 0. The predicted octanol–water partition coefficient (Wildman–Crippen LogP) is 0.590. The molecule has 0 saturated carbocycles. The fraction of sp³-hybridized carbons (Fsp3) is 0.667. The number of hydrogen-bond acceptors (Lipinski definition) is 3. The van der Waals surface area contributed by atoms with Crippen LogP contribution in [0, 0.1) is 0 Å². The number of nitrogens with zero attached hydrogens (tertiary/aromatic N) is 1. The van der Waals surface area contributed by atoms with Crippen molar-refractivity contribution in [1.82, 2.24) is 0 Å². The largest absolute Gasteiger partial charge is 0.411 e. The second kappa shape index (κ2) is 2.46. The Bertz CT molecular complexity index is 75.5. The summed E-state index contributed by atoms with van der Waals surface area (Å²) in [6.45, 7) is 1.51. The number of oxime groups is 1. The Morgan fingerprint density at radius 3 is 2.29 bits per heavy atom. The molecule has 0 fully saturated rings. The van der Waals surface area contributed by atoms with Crippen molar-refractivity contribution < 1.29 is 10.3 Å². The third-order valence-electron chi connectivity index (χ3n) is 0.293. The fourth-order valence-corrected chi connectivity index (χ4v) is 0.230. The van der Waals surface area contributed by atoms with Gasteiger partial charge in [-0.3, -0.25) is 0 Å². The van der Waals surface area contributed by atoms with E-state index in [4.69, 9.17) is 10.3 Å². The molecule has 0 spiro atoms. The second-order valence-electron chi connectivity index (χ2n) is 1.27. The van der Waals surface area contributed by atoms with Gasteiger partial charge < -0.3 is 10.3 Å². The topological polar surface area (TPSA) is 52.8 Å². The van der Waals surface area contributed by atoms with Crippen molar-refractivity contribution in [3.63, 3.8) is 0 Å². The molecule has 0 saturated heterocycles. The fourth-order valence-electron chi connectivity index (χ4n) is 0.105. The Hall–Kier alpha value is 0.160. The normalized spacial score (nSPS) is 19.9. The monoisotopic (exact) mass is 215 g/mol. The van der Waals surface area contributed by atoms with Gasteiger partial charge in [-0.25, -0.2) is 0 Å². The summed E-state index contributed by atoms with van der Waals surface area (Å²) in [5.41, 5.74) is 0. The van der Waals surface area contributed by atoms with Gasteiger partial charge in [0, 0.05) is 0 Å². The number of hydrogen-bond donors (Lipinski definition) is 2. The van der Waals surface area contributed by atoms with Crippen molar-refractivity contribution in [2.75, 3.05) is 0 Å². The first-order valence-electron chi connectivity index (χ1n) is 1.66. The van der Waals surface area contributed by atoms with Gasteiger partial charge in [-0.2, -0.15) is 0 Å². The highest BCUT2D eigenvalue weighted by atomic mass is 127. The minimum atomic E-state index is -1.02. The summed E-state index contributed by atoms with van der Waals surface area (Å²) in [7, 11) is 0. The van der Waals surface area contributed by atoms with Crippen molar-refractivity contribution >= 4 is 28.8 Å². The Morgan fingerprint density at radius 1 is 1.86 bits per heavy atom. The molecule has 0 aromatic rings. The molecule has 1 unspecified atom stereocenters. The second-order valence-corrected chi connectivity index (χ2v) is 3.45. The molecule has 0 aliphatic heterocycles. The van der Waals surface area contributed by atoms with Gasteiger partial charge in [-0.05, 0) is 29.5 Å². The van der Waals surface area contributed by atoms with E-state index >= 15 is 0 Å². The molecule has 0 aliphatic carbocycles. The zero-order valence-electron chi connectivity index (χ0n) is 3.80. The number of halogens is 1. The maximum absolute atomic E-state index is 8.70. The van der Waals surface area contributed by atoms with Gasteiger partial charge in [-0.15, -0.1) is 0 Å². The van der Waals surface area contributed by atoms with Crippen LogP contribution in [0.15, 0.2) is 5.16 Å². The van der Waals surface area contributed by atoms with Crippen LogP contribution in [0.3, 0.4) is 0 Å². The predicted molar refractivity (Wildman–Crippen MR) is 34.9 cm³/mol. The first-order chi connectivity index (χ1) is 3.06. The van der Waals surface area contributed by atoms with Crippen molar-refractivity contribution in [2.45, 2.75) is 10.5 Å². The molecule has 3 nitrogen and oxygen atoms in total. The van der Waals surface area contributed by atoms with Gasteiger partial charge in [0.1, 0.15) is 0 Å². The number of aliphatic hydroxyl groups is 1. The molecule has 0 bridgehead atoms. The highest BCUT2D eigenvalue weighted by molar-refractivity contribution is 14.1. The number of alkyl halides is 1. The molecule has 42 valence electrons. The van der Waals surface area contributed by atoms with Crippen LogP contribution < -0.4 is 0 Å². The molecular formula is C3H6INO2. The van der Waals surface area contributed by atoms with Gasteiger partial charge >= 0.3 is 0 Å². The van der Waals surface area contributed by atoms with E-state index in [-0.39, 0.29) is 0 Å². The van der Waals surface area contributed by atoms with E-state index < -0.39 is 3.61 Å². The molecule has 0 aromatic carbocycles. The standard InChI is InChI=1S/C3H6INO2/c1-3(4,6)2-5-7/h2,6-7H,1H3/b5-2+. The van der Waals surface area contributed by atoms with Crippen LogP contribution in [0.25, 0.3) is 0 Å². The van der Waals surface area contributed by atoms with Crippen LogP contribution in [-0.2, 0) is 0 Å². The Labute approximate surface area is 55.2 Å². The van der Waals surface area contributed by atoms with Crippen LogP contribution in [0.4, 0.5) is 0 Å². The average molecular weight is 215 g/mol. The van der Waals surface area contributed by atoms with E-state index in [2.05, 4.69) is 5.16 Å². The van der Waals surface area contributed by atoms with Crippen LogP contribution in [0.5, 0.6) is 0 Å². The Morgan fingerprint density at radius 2 is 2.29 bits per heavy atom. The van der Waals surface area contributed by atoms with Crippen molar-refractivity contribution in [3.05, 3.63) is 0 Å². The molecule has 4 heteroatoms. The van der Waals surface area contributed by atoms with Gasteiger partial charge in [0.05, 0.1) is 6.21 Å². The highest BCUT2D eigenvalue weighted by Gasteiger charge is 2.09. The van der Waals surface area contributed by atoms with Crippen molar-refractivity contribution in [2.24, 2.45) is 5.16 Å². The Balaban J connectivity index is 3.56. The summed E-state index contributed by atoms with van der Waals surface area (Å²) in [5, 5.41) is 19.1. The van der Waals surface area contributed by atoms with Crippen LogP contribution in [0.2, 0.25) is 0 Å².